The number of benzene rings is 1. The van der Waals surface area contributed by atoms with Gasteiger partial charge in [0, 0.05) is 31.3 Å². The highest BCUT2D eigenvalue weighted by molar-refractivity contribution is 5.69. The average Bonchev–Trinajstić information content (AvgIpc) is 2.98. The summed E-state index contributed by atoms with van der Waals surface area (Å²) in [5, 5.41) is 18.7. The Morgan fingerprint density at radius 2 is 2.03 bits per heavy atom. The van der Waals surface area contributed by atoms with Crippen LogP contribution in [0.1, 0.15) is 11.3 Å². The Bertz CT molecular complexity index is 1080. The number of aromatic nitrogens is 2. The number of carbonyl (C=O) groups is 1. The number of hydrogen-bond donors (Lipinski definition) is 2. The first-order chi connectivity index (χ1) is 13.8. The fraction of sp³-hybridized carbons (Fsp3) is 0.300. The minimum Gasteiger partial charge on any atom is -0.508 e. The van der Waals surface area contributed by atoms with E-state index in [1.165, 1.54) is 4.90 Å². The number of fused-ring (bicyclic) bond motifs is 1. The topological polar surface area (TPSA) is 87.3 Å². The molecule has 1 saturated heterocycles. The maximum absolute atomic E-state index is 14.6. The second-order valence-electron chi connectivity index (χ2n) is 7.05. The van der Waals surface area contributed by atoms with Crippen LogP contribution in [0.25, 0.3) is 16.9 Å². The smallest absolute Gasteiger partial charge is 0.407 e. The lowest BCUT2D eigenvalue weighted by molar-refractivity contribution is -0.0214. The molecule has 4 rings (SSSR count). The maximum Gasteiger partial charge on any atom is 0.407 e. The van der Waals surface area contributed by atoms with Crippen molar-refractivity contribution < 1.29 is 28.5 Å². The summed E-state index contributed by atoms with van der Waals surface area (Å²) in [6.45, 7) is 2.54. The van der Waals surface area contributed by atoms with E-state index in [0.29, 0.717) is 11.3 Å². The first kappa shape index (κ1) is 19.1. The Labute approximate surface area is 164 Å². The summed E-state index contributed by atoms with van der Waals surface area (Å²) in [4.78, 5) is 17.0. The third-order valence-electron chi connectivity index (χ3n) is 4.97. The van der Waals surface area contributed by atoms with Crippen LogP contribution in [-0.4, -0.2) is 56.4 Å². The number of pyridine rings is 1. The molecule has 0 bridgehead atoms. The normalized spacial score (nSPS) is 17.1. The molecule has 2 N–H and O–H groups in total. The highest BCUT2D eigenvalue weighted by Gasteiger charge is 2.28. The van der Waals surface area contributed by atoms with Gasteiger partial charge in [-0.15, -0.1) is 0 Å². The number of phenolic OH excluding ortho intramolecular Hbond substituents is 1. The number of imidazole rings is 1. The lowest BCUT2D eigenvalue weighted by Gasteiger charge is -2.31. The van der Waals surface area contributed by atoms with E-state index in [2.05, 4.69) is 4.98 Å². The van der Waals surface area contributed by atoms with Crippen LogP contribution in [0.3, 0.4) is 0 Å². The number of aromatic hydroxyl groups is 1. The van der Waals surface area contributed by atoms with Gasteiger partial charge in [-0.05, 0) is 24.6 Å². The van der Waals surface area contributed by atoms with E-state index >= 15 is 0 Å². The van der Waals surface area contributed by atoms with Crippen LogP contribution in [0.5, 0.6) is 5.75 Å². The molecule has 29 heavy (non-hydrogen) atoms. The van der Waals surface area contributed by atoms with Gasteiger partial charge in [0.2, 0.25) is 0 Å². The fourth-order valence-electron chi connectivity index (χ4n) is 3.61. The van der Waals surface area contributed by atoms with Gasteiger partial charge >= 0.3 is 6.09 Å². The monoisotopic (exact) mass is 403 g/mol. The van der Waals surface area contributed by atoms with Gasteiger partial charge in [-0.1, -0.05) is 0 Å². The third kappa shape index (κ3) is 3.61. The van der Waals surface area contributed by atoms with E-state index in [9.17, 15) is 23.8 Å². The van der Waals surface area contributed by atoms with E-state index in [0.717, 1.165) is 17.7 Å². The summed E-state index contributed by atoms with van der Waals surface area (Å²) >= 11 is 0. The second kappa shape index (κ2) is 7.32. The van der Waals surface area contributed by atoms with Crippen molar-refractivity contribution in [1.29, 1.82) is 0 Å². The number of hydrogen-bond acceptors (Lipinski definition) is 4. The molecule has 1 amide bonds. The number of halogens is 2. The zero-order chi connectivity index (χ0) is 20.7. The van der Waals surface area contributed by atoms with E-state index in [4.69, 9.17) is 4.74 Å². The van der Waals surface area contributed by atoms with Gasteiger partial charge in [0.05, 0.1) is 36.2 Å². The molecule has 0 saturated carbocycles. The van der Waals surface area contributed by atoms with Crippen LogP contribution < -0.4 is 0 Å². The van der Waals surface area contributed by atoms with Gasteiger partial charge in [-0.3, -0.25) is 0 Å². The van der Waals surface area contributed by atoms with Crippen LogP contribution in [0.4, 0.5) is 13.6 Å². The van der Waals surface area contributed by atoms with Crippen LogP contribution in [-0.2, 0) is 11.2 Å². The van der Waals surface area contributed by atoms with Crippen molar-refractivity contribution in [3.63, 3.8) is 0 Å². The first-order valence-corrected chi connectivity index (χ1v) is 9.09. The number of phenols is 1. The van der Waals surface area contributed by atoms with Crippen LogP contribution in [0.15, 0.2) is 30.5 Å². The number of ether oxygens (including phenoxy) is 1. The zero-order valence-electron chi connectivity index (χ0n) is 15.6. The maximum atomic E-state index is 14.6. The molecule has 3 aromatic rings. The van der Waals surface area contributed by atoms with Crippen LogP contribution in [0, 0.1) is 18.6 Å². The number of nitrogens with zero attached hydrogens (tertiary/aromatic N) is 3. The molecule has 1 unspecified atom stereocenters. The predicted molar refractivity (Wildman–Crippen MR) is 100.0 cm³/mol. The van der Waals surface area contributed by atoms with Crippen molar-refractivity contribution in [3.05, 3.63) is 53.4 Å². The molecule has 1 fully saturated rings. The molecule has 1 atom stereocenters. The zero-order valence-corrected chi connectivity index (χ0v) is 15.6. The number of carboxylic acid groups (broad SMARTS) is 1. The molecule has 7 nitrogen and oxygen atoms in total. The summed E-state index contributed by atoms with van der Waals surface area (Å²) in [6, 6.07) is 5.30. The fourth-order valence-corrected chi connectivity index (χ4v) is 3.61. The van der Waals surface area contributed by atoms with Gasteiger partial charge in [-0.25, -0.2) is 18.6 Å². The van der Waals surface area contributed by atoms with Crippen LogP contribution >= 0.6 is 0 Å². The number of morpholine rings is 1. The van der Waals surface area contributed by atoms with Crippen molar-refractivity contribution in [3.8, 4) is 17.0 Å². The Kier molecular flexibility index (Phi) is 4.83. The van der Waals surface area contributed by atoms with Crippen molar-refractivity contribution >= 4 is 11.7 Å². The number of aryl methyl sites for hydroxylation is 1. The van der Waals surface area contributed by atoms with Gasteiger partial charge in [-0.2, -0.15) is 0 Å². The molecule has 1 aliphatic heterocycles. The quantitative estimate of drug-likeness (QED) is 0.701. The summed E-state index contributed by atoms with van der Waals surface area (Å²) in [5.74, 6) is -2.38. The summed E-state index contributed by atoms with van der Waals surface area (Å²) in [5.41, 5.74) is 1.69. The highest BCUT2D eigenvalue weighted by atomic mass is 19.1. The van der Waals surface area contributed by atoms with E-state index in [1.54, 1.807) is 16.7 Å². The van der Waals surface area contributed by atoms with Crippen molar-refractivity contribution in [2.45, 2.75) is 19.4 Å². The SMILES string of the molecule is Cc1ccn2c(CC3CN(C(=O)O)CCO3)c(-c3c(F)cc(O)cc3F)nc2c1. The molecule has 0 radical (unpaired) electrons. The highest BCUT2D eigenvalue weighted by Crippen LogP contribution is 2.33. The summed E-state index contributed by atoms with van der Waals surface area (Å²) < 4.78 is 36.6. The minimum absolute atomic E-state index is 0.0987. The van der Waals surface area contributed by atoms with Gasteiger partial charge < -0.3 is 24.3 Å². The molecule has 9 heteroatoms. The third-order valence-corrected chi connectivity index (χ3v) is 4.97. The molecule has 0 spiro atoms. The Morgan fingerprint density at radius 1 is 1.31 bits per heavy atom. The predicted octanol–water partition coefficient (Wildman–Crippen LogP) is 3.21. The minimum atomic E-state index is -1.04. The summed E-state index contributed by atoms with van der Waals surface area (Å²) in [6.07, 6.45) is 0.444. The van der Waals surface area contributed by atoms with Gasteiger partial charge in [0.1, 0.15) is 23.0 Å². The molecule has 3 heterocycles. The first-order valence-electron chi connectivity index (χ1n) is 9.09. The Balaban J connectivity index is 1.82. The van der Waals surface area contributed by atoms with E-state index in [-0.39, 0.29) is 37.4 Å². The molecule has 152 valence electrons. The van der Waals surface area contributed by atoms with Gasteiger partial charge in [0.25, 0.3) is 0 Å². The largest absolute Gasteiger partial charge is 0.508 e. The molecular weight excluding hydrogens is 384 g/mol. The van der Waals surface area contributed by atoms with E-state index < -0.39 is 29.6 Å². The second-order valence-corrected chi connectivity index (χ2v) is 7.05. The molecular formula is C20H19F2N3O4. The number of rotatable bonds is 3. The van der Waals surface area contributed by atoms with Crippen molar-refractivity contribution in [2.24, 2.45) is 0 Å². The van der Waals surface area contributed by atoms with E-state index in [1.807, 2.05) is 13.0 Å². The Hall–Kier alpha value is -3.20. The van der Waals surface area contributed by atoms with Gasteiger partial charge in [0.15, 0.2) is 0 Å². The lowest BCUT2D eigenvalue weighted by atomic mass is 10.0. The standard InChI is InChI=1S/C20H19F2N3O4/c1-11-2-3-25-16(9-13-10-24(20(27)28)4-5-29-13)19(23-17(25)6-11)18-14(21)7-12(26)8-15(18)22/h2-3,6-8,13,26H,4-5,9-10H2,1H3,(H,27,28). The molecule has 1 aromatic carbocycles. The molecule has 1 aliphatic rings. The van der Waals surface area contributed by atoms with Crippen molar-refractivity contribution in [1.82, 2.24) is 14.3 Å². The average molecular weight is 403 g/mol. The summed E-state index contributed by atoms with van der Waals surface area (Å²) in [7, 11) is 0. The Morgan fingerprint density at radius 3 is 2.72 bits per heavy atom. The van der Waals surface area contributed by atoms with Crippen molar-refractivity contribution in [2.75, 3.05) is 19.7 Å². The van der Waals surface area contributed by atoms with Crippen LogP contribution in [0.2, 0.25) is 0 Å². The number of amides is 1. The lowest BCUT2D eigenvalue weighted by Crippen LogP contribution is -2.45. The molecule has 2 aromatic heterocycles. The molecule has 0 aliphatic carbocycles.